The zero-order chi connectivity index (χ0) is 15.2. The lowest BCUT2D eigenvalue weighted by Gasteiger charge is -2.08. The number of hydrogen-bond acceptors (Lipinski definition) is 4. The van der Waals surface area contributed by atoms with Crippen LogP contribution in [-0.4, -0.2) is 27.3 Å². The van der Waals surface area contributed by atoms with Crippen LogP contribution in [0.3, 0.4) is 0 Å². The standard InChI is InChI=1S/C14H17N7.HI/c1-10-5-11(2)7-12(6-10)19-14(16)17-3-4-21-9-18-13(8-15)20-21;/h5-7,9H,3-4H2,1-2H3,(H3,16,17,19);1H. The molecule has 1 heterocycles. The second kappa shape index (κ2) is 8.33. The van der Waals surface area contributed by atoms with Crippen molar-refractivity contribution in [1.29, 1.82) is 5.26 Å². The van der Waals surface area contributed by atoms with Crippen LogP contribution in [0.2, 0.25) is 0 Å². The molecule has 22 heavy (non-hydrogen) atoms. The van der Waals surface area contributed by atoms with Crippen molar-refractivity contribution >= 4 is 35.6 Å². The molecule has 0 amide bonds. The molecule has 0 saturated carbocycles. The van der Waals surface area contributed by atoms with Crippen molar-refractivity contribution in [3.05, 3.63) is 41.5 Å². The van der Waals surface area contributed by atoms with Gasteiger partial charge in [0.1, 0.15) is 12.4 Å². The maximum atomic E-state index is 8.63. The van der Waals surface area contributed by atoms with E-state index in [1.807, 2.05) is 32.0 Å². The first-order chi connectivity index (χ1) is 10.1. The van der Waals surface area contributed by atoms with E-state index in [0.29, 0.717) is 19.0 Å². The molecular formula is C14H18IN7. The van der Waals surface area contributed by atoms with Gasteiger partial charge in [-0.05, 0) is 37.1 Å². The van der Waals surface area contributed by atoms with Gasteiger partial charge < -0.3 is 11.1 Å². The van der Waals surface area contributed by atoms with Gasteiger partial charge in [0, 0.05) is 5.69 Å². The average Bonchev–Trinajstić information content (AvgIpc) is 2.85. The lowest BCUT2D eigenvalue weighted by molar-refractivity contribution is 0.622. The molecule has 0 bridgehead atoms. The summed E-state index contributed by atoms with van der Waals surface area (Å²) in [4.78, 5) is 8.04. The van der Waals surface area contributed by atoms with Crippen LogP contribution < -0.4 is 11.1 Å². The van der Waals surface area contributed by atoms with Crippen LogP contribution in [0, 0.1) is 25.2 Å². The zero-order valence-corrected chi connectivity index (χ0v) is 14.8. The fourth-order valence-corrected chi connectivity index (χ4v) is 1.96. The van der Waals surface area contributed by atoms with Gasteiger partial charge in [-0.3, -0.25) is 4.99 Å². The van der Waals surface area contributed by atoms with Gasteiger partial charge >= 0.3 is 0 Å². The molecular weight excluding hydrogens is 393 g/mol. The Hall–Kier alpha value is -2.15. The summed E-state index contributed by atoms with van der Waals surface area (Å²) < 4.78 is 1.56. The van der Waals surface area contributed by atoms with E-state index in [1.165, 1.54) is 6.33 Å². The molecule has 3 N–H and O–H groups in total. The number of aryl methyl sites for hydroxylation is 2. The summed E-state index contributed by atoms with van der Waals surface area (Å²) in [5.41, 5.74) is 9.09. The largest absolute Gasteiger partial charge is 0.370 e. The number of aromatic nitrogens is 3. The minimum Gasteiger partial charge on any atom is -0.370 e. The molecule has 0 saturated heterocycles. The Morgan fingerprint density at radius 2 is 2.05 bits per heavy atom. The number of benzene rings is 1. The number of guanidine groups is 1. The molecule has 0 radical (unpaired) electrons. The van der Waals surface area contributed by atoms with E-state index in [-0.39, 0.29) is 29.8 Å². The van der Waals surface area contributed by atoms with Crippen molar-refractivity contribution in [3.8, 4) is 6.07 Å². The number of aliphatic imine (C=N–C) groups is 1. The first-order valence-corrected chi connectivity index (χ1v) is 6.51. The van der Waals surface area contributed by atoms with Crippen LogP contribution >= 0.6 is 24.0 Å². The monoisotopic (exact) mass is 411 g/mol. The number of anilines is 1. The molecule has 116 valence electrons. The molecule has 7 nitrogen and oxygen atoms in total. The van der Waals surface area contributed by atoms with Gasteiger partial charge in [0.15, 0.2) is 5.96 Å². The Labute approximate surface area is 146 Å². The third-order valence-electron chi connectivity index (χ3n) is 2.74. The average molecular weight is 411 g/mol. The Morgan fingerprint density at radius 3 is 2.64 bits per heavy atom. The number of rotatable bonds is 4. The summed E-state index contributed by atoms with van der Waals surface area (Å²) in [7, 11) is 0. The van der Waals surface area contributed by atoms with E-state index in [4.69, 9.17) is 11.0 Å². The summed E-state index contributed by atoms with van der Waals surface area (Å²) in [5.74, 6) is 0.501. The quantitative estimate of drug-likeness (QED) is 0.454. The Kier molecular flexibility index (Phi) is 6.78. The number of nitriles is 1. The van der Waals surface area contributed by atoms with E-state index >= 15 is 0 Å². The fraction of sp³-hybridized carbons (Fsp3) is 0.286. The lowest BCUT2D eigenvalue weighted by Crippen LogP contribution is -2.23. The molecule has 0 aliphatic carbocycles. The van der Waals surface area contributed by atoms with Gasteiger partial charge in [0.25, 0.3) is 5.82 Å². The van der Waals surface area contributed by atoms with Crippen LogP contribution in [0.15, 0.2) is 29.5 Å². The van der Waals surface area contributed by atoms with Gasteiger partial charge in [0.2, 0.25) is 0 Å². The second-order valence-corrected chi connectivity index (χ2v) is 4.71. The Bertz CT molecular complexity index is 679. The SMILES string of the molecule is Cc1cc(C)cc(NC(N)=NCCn2cnc(C#N)n2)c1.I. The number of nitrogens with zero attached hydrogens (tertiary/aromatic N) is 5. The molecule has 0 spiro atoms. The first kappa shape index (κ1) is 17.9. The predicted molar refractivity (Wildman–Crippen MR) is 96.2 cm³/mol. The van der Waals surface area contributed by atoms with Crippen LogP contribution in [-0.2, 0) is 6.54 Å². The van der Waals surface area contributed by atoms with Crippen molar-refractivity contribution in [2.45, 2.75) is 20.4 Å². The summed E-state index contributed by atoms with van der Waals surface area (Å²) in [6.07, 6.45) is 1.50. The molecule has 8 heteroatoms. The molecule has 0 fully saturated rings. The van der Waals surface area contributed by atoms with Crippen LogP contribution in [0.1, 0.15) is 17.0 Å². The molecule has 1 aromatic carbocycles. The third kappa shape index (κ3) is 5.33. The fourth-order valence-electron chi connectivity index (χ4n) is 1.96. The van der Waals surface area contributed by atoms with Gasteiger partial charge in [-0.15, -0.1) is 29.1 Å². The highest BCUT2D eigenvalue weighted by molar-refractivity contribution is 14.0. The zero-order valence-electron chi connectivity index (χ0n) is 12.4. The normalized spacial score (nSPS) is 10.7. The molecule has 0 unspecified atom stereocenters. The van der Waals surface area contributed by atoms with Crippen molar-refractivity contribution in [1.82, 2.24) is 14.8 Å². The minimum atomic E-state index is 0. The highest BCUT2D eigenvalue weighted by atomic mass is 127. The van der Waals surface area contributed by atoms with Gasteiger partial charge in [0.05, 0.1) is 13.1 Å². The number of nitrogens with one attached hydrogen (secondary N) is 1. The summed E-state index contributed by atoms with van der Waals surface area (Å²) in [6.45, 7) is 5.04. The molecule has 2 aromatic rings. The van der Waals surface area contributed by atoms with E-state index in [1.54, 1.807) is 4.68 Å². The maximum Gasteiger partial charge on any atom is 0.252 e. The minimum absolute atomic E-state index is 0. The van der Waals surface area contributed by atoms with Gasteiger partial charge in [-0.2, -0.15) is 5.26 Å². The smallest absolute Gasteiger partial charge is 0.252 e. The number of halogens is 1. The molecule has 0 atom stereocenters. The summed E-state index contributed by atoms with van der Waals surface area (Å²) in [6, 6.07) is 7.98. The molecule has 1 aromatic heterocycles. The molecule has 2 rings (SSSR count). The van der Waals surface area contributed by atoms with E-state index in [9.17, 15) is 0 Å². The highest BCUT2D eigenvalue weighted by Crippen LogP contribution is 2.13. The summed E-state index contributed by atoms with van der Waals surface area (Å²) >= 11 is 0. The number of nitrogens with two attached hydrogens (primary N) is 1. The first-order valence-electron chi connectivity index (χ1n) is 6.51. The molecule has 0 aliphatic heterocycles. The van der Waals surface area contributed by atoms with Crippen LogP contribution in [0.4, 0.5) is 5.69 Å². The Morgan fingerprint density at radius 1 is 1.36 bits per heavy atom. The van der Waals surface area contributed by atoms with Crippen molar-refractivity contribution in [2.24, 2.45) is 10.7 Å². The Balaban J connectivity index is 0.00000242. The van der Waals surface area contributed by atoms with Gasteiger partial charge in [-0.1, -0.05) is 6.07 Å². The second-order valence-electron chi connectivity index (χ2n) is 4.71. The van der Waals surface area contributed by atoms with E-state index < -0.39 is 0 Å². The van der Waals surface area contributed by atoms with Crippen LogP contribution in [0.5, 0.6) is 0 Å². The van der Waals surface area contributed by atoms with E-state index in [0.717, 1.165) is 16.8 Å². The highest BCUT2D eigenvalue weighted by Gasteiger charge is 1.99. The predicted octanol–water partition coefficient (Wildman–Crippen LogP) is 1.81. The topological polar surface area (TPSA) is 105 Å². The number of hydrogen-bond donors (Lipinski definition) is 2. The van der Waals surface area contributed by atoms with Crippen molar-refractivity contribution in [2.75, 3.05) is 11.9 Å². The summed E-state index contributed by atoms with van der Waals surface area (Å²) in [5, 5.41) is 15.6. The van der Waals surface area contributed by atoms with Crippen molar-refractivity contribution in [3.63, 3.8) is 0 Å². The van der Waals surface area contributed by atoms with E-state index in [2.05, 4.69) is 26.5 Å². The lowest BCUT2D eigenvalue weighted by atomic mass is 10.1. The molecule has 0 aliphatic rings. The van der Waals surface area contributed by atoms with Crippen molar-refractivity contribution < 1.29 is 0 Å². The van der Waals surface area contributed by atoms with Gasteiger partial charge in [-0.25, -0.2) is 9.67 Å². The third-order valence-corrected chi connectivity index (χ3v) is 2.74. The maximum absolute atomic E-state index is 8.63. The van der Waals surface area contributed by atoms with Crippen LogP contribution in [0.25, 0.3) is 0 Å².